The number of aliphatic carboxylic acids is 1. The van der Waals surface area contributed by atoms with Crippen molar-refractivity contribution < 1.29 is 9.90 Å². The number of aromatic nitrogens is 1. The average Bonchev–Trinajstić information content (AvgIpc) is 2.49. The highest BCUT2D eigenvalue weighted by Crippen LogP contribution is 2.13. The monoisotopic (exact) mass is 228 g/mol. The molecular formula is C10H16N2O2S. The number of nitrogens with zero attached hydrogens (tertiary/aromatic N) is 2. The van der Waals surface area contributed by atoms with Gasteiger partial charge in [0, 0.05) is 17.1 Å². The number of carboxylic acids is 1. The lowest BCUT2D eigenvalue weighted by Gasteiger charge is -2.23. The van der Waals surface area contributed by atoms with Crippen LogP contribution in [-0.4, -0.2) is 33.5 Å². The van der Waals surface area contributed by atoms with Crippen LogP contribution in [0.15, 0.2) is 5.38 Å². The van der Waals surface area contributed by atoms with Gasteiger partial charge in [-0.2, -0.15) is 0 Å². The summed E-state index contributed by atoms with van der Waals surface area (Å²) in [6.07, 6.45) is 0. The molecule has 1 aromatic rings. The number of rotatable bonds is 5. The standard InChI is InChI=1S/C10H16N2O2S/c1-7(2)12(5-10(13)14)4-9-11-8(3)6-15-9/h6-7H,4-5H2,1-3H3,(H,13,14). The van der Waals surface area contributed by atoms with Crippen molar-refractivity contribution in [3.63, 3.8) is 0 Å². The molecule has 0 aliphatic heterocycles. The van der Waals surface area contributed by atoms with Crippen molar-refractivity contribution in [2.75, 3.05) is 6.54 Å². The lowest BCUT2D eigenvalue weighted by atomic mass is 10.3. The van der Waals surface area contributed by atoms with E-state index in [2.05, 4.69) is 4.98 Å². The number of carboxylic acid groups (broad SMARTS) is 1. The van der Waals surface area contributed by atoms with Gasteiger partial charge in [0.2, 0.25) is 0 Å². The van der Waals surface area contributed by atoms with Crippen LogP contribution in [0.1, 0.15) is 24.5 Å². The minimum absolute atomic E-state index is 0.0658. The number of aryl methyl sites for hydroxylation is 1. The van der Waals surface area contributed by atoms with Crippen LogP contribution in [0.25, 0.3) is 0 Å². The van der Waals surface area contributed by atoms with Gasteiger partial charge in [0.25, 0.3) is 0 Å². The fourth-order valence-electron chi connectivity index (χ4n) is 1.24. The van der Waals surface area contributed by atoms with Crippen LogP contribution >= 0.6 is 11.3 Å². The molecule has 1 heterocycles. The van der Waals surface area contributed by atoms with Crippen LogP contribution in [0.5, 0.6) is 0 Å². The summed E-state index contributed by atoms with van der Waals surface area (Å²) in [6.45, 7) is 6.60. The molecule has 0 atom stereocenters. The summed E-state index contributed by atoms with van der Waals surface area (Å²) >= 11 is 1.58. The second-order valence-corrected chi connectivity index (χ2v) is 4.72. The summed E-state index contributed by atoms with van der Waals surface area (Å²) in [4.78, 5) is 16.9. The largest absolute Gasteiger partial charge is 0.480 e. The maximum Gasteiger partial charge on any atom is 0.317 e. The van der Waals surface area contributed by atoms with Gasteiger partial charge in [0.1, 0.15) is 5.01 Å². The quantitative estimate of drug-likeness (QED) is 0.834. The molecule has 0 radical (unpaired) electrons. The topological polar surface area (TPSA) is 53.4 Å². The Hall–Kier alpha value is -0.940. The summed E-state index contributed by atoms with van der Waals surface area (Å²) in [7, 11) is 0. The molecule has 0 fully saturated rings. The Morgan fingerprint density at radius 2 is 2.33 bits per heavy atom. The van der Waals surface area contributed by atoms with Crippen molar-refractivity contribution in [2.24, 2.45) is 0 Å². The van der Waals surface area contributed by atoms with Gasteiger partial charge < -0.3 is 5.11 Å². The molecule has 0 saturated heterocycles. The van der Waals surface area contributed by atoms with E-state index < -0.39 is 5.97 Å². The molecule has 0 amide bonds. The molecule has 0 aliphatic carbocycles. The van der Waals surface area contributed by atoms with Crippen LogP contribution < -0.4 is 0 Å². The predicted octanol–water partition coefficient (Wildman–Crippen LogP) is 1.75. The first kappa shape index (κ1) is 12.1. The third-order valence-corrected chi connectivity index (χ3v) is 3.02. The van der Waals surface area contributed by atoms with E-state index in [0.29, 0.717) is 6.54 Å². The van der Waals surface area contributed by atoms with Crippen molar-refractivity contribution in [1.29, 1.82) is 0 Å². The Balaban J connectivity index is 2.62. The zero-order valence-corrected chi connectivity index (χ0v) is 10.0. The highest BCUT2D eigenvalue weighted by Gasteiger charge is 2.15. The van der Waals surface area contributed by atoms with Gasteiger partial charge in [0.15, 0.2) is 0 Å². The van der Waals surface area contributed by atoms with Crippen molar-refractivity contribution in [3.05, 3.63) is 16.1 Å². The van der Waals surface area contributed by atoms with E-state index in [9.17, 15) is 4.79 Å². The minimum atomic E-state index is -0.794. The molecule has 84 valence electrons. The van der Waals surface area contributed by atoms with Gasteiger partial charge >= 0.3 is 5.97 Å². The predicted molar refractivity (Wildman–Crippen MR) is 60.0 cm³/mol. The second-order valence-electron chi connectivity index (χ2n) is 3.78. The summed E-state index contributed by atoms with van der Waals surface area (Å²) < 4.78 is 0. The molecule has 0 unspecified atom stereocenters. The van der Waals surface area contributed by atoms with E-state index in [0.717, 1.165) is 10.7 Å². The number of thiazole rings is 1. The normalized spacial score (nSPS) is 11.3. The molecule has 4 nitrogen and oxygen atoms in total. The molecule has 0 bridgehead atoms. The summed E-state index contributed by atoms with van der Waals surface area (Å²) in [5.41, 5.74) is 0.994. The molecule has 15 heavy (non-hydrogen) atoms. The first-order valence-corrected chi connectivity index (χ1v) is 5.74. The number of hydrogen-bond donors (Lipinski definition) is 1. The number of hydrogen-bond acceptors (Lipinski definition) is 4. The molecule has 1 aromatic heterocycles. The molecule has 5 heteroatoms. The summed E-state index contributed by atoms with van der Waals surface area (Å²) in [5.74, 6) is -0.794. The summed E-state index contributed by atoms with van der Waals surface area (Å²) in [6, 6.07) is 0.213. The maximum atomic E-state index is 10.7. The zero-order valence-electron chi connectivity index (χ0n) is 9.23. The second kappa shape index (κ2) is 5.23. The highest BCUT2D eigenvalue weighted by atomic mass is 32.1. The van der Waals surface area contributed by atoms with Crippen LogP contribution in [0, 0.1) is 6.92 Å². The van der Waals surface area contributed by atoms with Crippen molar-refractivity contribution >= 4 is 17.3 Å². The van der Waals surface area contributed by atoms with Crippen molar-refractivity contribution in [2.45, 2.75) is 33.4 Å². The first-order valence-electron chi connectivity index (χ1n) is 4.86. The maximum absolute atomic E-state index is 10.7. The van der Waals surface area contributed by atoms with Gasteiger partial charge in [-0.05, 0) is 20.8 Å². The van der Waals surface area contributed by atoms with Gasteiger partial charge in [-0.15, -0.1) is 11.3 Å². The van der Waals surface area contributed by atoms with Gasteiger partial charge in [0.05, 0.1) is 13.1 Å². The van der Waals surface area contributed by atoms with E-state index in [4.69, 9.17) is 5.11 Å². The molecule has 1 N–H and O–H groups in total. The Kier molecular flexibility index (Phi) is 4.23. The molecule has 1 rings (SSSR count). The number of carbonyl (C=O) groups is 1. The molecule has 0 spiro atoms. The van der Waals surface area contributed by atoms with Gasteiger partial charge in [-0.1, -0.05) is 0 Å². The van der Waals surface area contributed by atoms with E-state index in [1.54, 1.807) is 11.3 Å². The molecule has 0 aliphatic rings. The fraction of sp³-hybridized carbons (Fsp3) is 0.600. The molecule has 0 saturated carbocycles. The highest BCUT2D eigenvalue weighted by molar-refractivity contribution is 7.09. The summed E-state index contributed by atoms with van der Waals surface area (Å²) in [5, 5.41) is 11.7. The Morgan fingerprint density at radius 1 is 1.67 bits per heavy atom. The van der Waals surface area contributed by atoms with E-state index in [1.807, 2.05) is 31.1 Å². The smallest absolute Gasteiger partial charge is 0.317 e. The van der Waals surface area contributed by atoms with Crippen LogP contribution in [0.4, 0.5) is 0 Å². The molecule has 0 aromatic carbocycles. The fourth-order valence-corrected chi connectivity index (χ4v) is 2.04. The van der Waals surface area contributed by atoms with Crippen molar-refractivity contribution in [3.8, 4) is 0 Å². The van der Waals surface area contributed by atoms with Gasteiger partial charge in [-0.3, -0.25) is 9.69 Å². The van der Waals surface area contributed by atoms with E-state index in [-0.39, 0.29) is 12.6 Å². The van der Waals surface area contributed by atoms with E-state index in [1.165, 1.54) is 0 Å². The van der Waals surface area contributed by atoms with Crippen LogP contribution in [0.3, 0.4) is 0 Å². The van der Waals surface area contributed by atoms with E-state index >= 15 is 0 Å². The Morgan fingerprint density at radius 3 is 2.73 bits per heavy atom. The minimum Gasteiger partial charge on any atom is -0.480 e. The SMILES string of the molecule is Cc1csc(CN(CC(=O)O)C(C)C)n1. The lowest BCUT2D eigenvalue weighted by Crippen LogP contribution is -2.35. The Bertz CT molecular complexity index is 336. The van der Waals surface area contributed by atoms with Gasteiger partial charge in [-0.25, -0.2) is 4.98 Å². The van der Waals surface area contributed by atoms with Crippen molar-refractivity contribution in [1.82, 2.24) is 9.88 Å². The molecular weight excluding hydrogens is 212 g/mol. The third kappa shape index (κ3) is 3.97. The van der Waals surface area contributed by atoms with Crippen LogP contribution in [0.2, 0.25) is 0 Å². The first-order chi connectivity index (χ1) is 6.99. The third-order valence-electron chi connectivity index (χ3n) is 2.07. The van der Waals surface area contributed by atoms with Crippen LogP contribution in [-0.2, 0) is 11.3 Å². The average molecular weight is 228 g/mol. The lowest BCUT2D eigenvalue weighted by molar-refractivity contribution is -0.138. The zero-order chi connectivity index (χ0) is 11.4. The Labute approximate surface area is 93.6 Å².